The van der Waals surface area contributed by atoms with E-state index in [1.54, 1.807) is 30.7 Å². The Bertz CT molecular complexity index is 1030. The molecule has 23 heavy (non-hydrogen) atoms. The highest BCUT2D eigenvalue weighted by Crippen LogP contribution is 2.27. The third kappa shape index (κ3) is 2.31. The number of fused-ring (bicyclic) bond motifs is 1. The van der Waals surface area contributed by atoms with Crippen LogP contribution in [0.3, 0.4) is 0 Å². The second-order valence-corrected chi connectivity index (χ2v) is 5.83. The number of hydrogen-bond acceptors (Lipinski definition) is 5. The molecule has 4 heterocycles. The molecule has 4 aromatic heterocycles. The van der Waals surface area contributed by atoms with Crippen LogP contribution in [0, 0.1) is 0 Å². The molecule has 0 aliphatic heterocycles. The van der Waals surface area contributed by atoms with Crippen LogP contribution < -0.4 is 10.3 Å². The molecule has 4 rings (SSSR count). The van der Waals surface area contributed by atoms with E-state index in [1.807, 2.05) is 29.6 Å². The first-order valence-electron chi connectivity index (χ1n) is 6.92. The fourth-order valence-corrected chi connectivity index (χ4v) is 3.13. The minimum Gasteiger partial charge on any atom is -0.481 e. The van der Waals surface area contributed by atoms with Crippen LogP contribution in [0.4, 0.5) is 0 Å². The van der Waals surface area contributed by atoms with Crippen molar-refractivity contribution in [1.29, 1.82) is 0 Å². The van der Waals surface area contributed by atoms with Crippen LogP contribution in [-0.2, 0) is 0 Å². The van der Waals surface area contributed by atoms with Crippen molar-refractivity contribution >= 4 is 17.0 Å². The van der Waals surface area contributed by atoms with Gasteiger partial charge in [0.2, 0.25) is 5.88 Å². The summed E-state index contributed by atoms with van der Waals surface area (Å²) < 4.78 is 6.68. The zero-order chi connectivity index (χ0) is 15.8. The van der Waals surface area contributed by atoms with Gasteiger partial charge in [-0.05, 0) is 23.6 Å². The number of hydrogen-bond donors (Lipinski definition) is 1. The van der Waals surface area contributed by atoms with Crippen LogP contribution in [0.5, 0.6) is 5.88 Å². The molecule has 114 valence electrons. The van der Waals surface area contributed by atoms with Gasteiger partial charge in [-0.1, -0.05) is 6.07 Å². The Morgan fingerprint density at radius 1 is 1.26 bits per heavy atom. The average molecular weight is 324 g/mol. The van der Waals surface area contributed by atoms with Crippen molar-refractivity contribution in [2.24, 2.45) is 0 Å². The summed E-state index contributed by atoms with van der Waals surface area (Å²) in [6.07, 6.45) is 1.64. The van der Waals surface area contributed by atoms with Gasteiger partial charge in [-0.15, -0.1) is 11.3 Å². The second-order valence-electron chi connectivity index (χ2n) is 4.88. The summed E-state index contributed by atoms with van der Waals surface area (Å²) in [5.74, 6) is 0.442. The molecule has 0 aliphatic carbocycles. The highest BCUT2D eigenvalue weighted by molar-refractivity contribution is 7.13. The number of methoxy groups -OCH3 is 1. The Balaban J connectivity index is 1.92. The summed E-state index contributed by atoms with van der Waals surface area (Å²) in [5, 5.41) is 5.07. The maximum absolute atomic E-state index is 12.4. The van der Waals surface area contributed by atoms with E-state index in [0.717, 1.165) is 10.6 Å². The van der Waals surface area contributed by atoms with Crippen molar-refractivity contribution in [2.75, 3.05) is 7.11 Å². The van der Waals surface area contributed by atoms with Crippen LogP contribution >= 0.6 is 11.3 Å². The molecule has 0 unspecified atom stereocenters. The fourth-order valence-electron chi connectivity index (χ4n) is 2.44. The van der Waals surface area contributed by atoms with Crippen LogP contribution in [0.1, 0.15) is 0 Å². The number of nitrogens with zero attached hydrogens (tertiary/aromatic N) is 3. The summed E-state index contributed by atoms with van der Waals surface area (Å²) in [6.45, 7) is 0. The molecule has 0 bridgehead atoms. The lowest BCUT2D eigenvalue weighted by atomic mass is 10.2. The van der Waals surface area contributed by atoms with Crippen molar-refractivity contribution in [2.45, 2.75) is 0 Å². The third-order valence-electron chi connectivity index (χ3n) is 3.48. The standard InChI is InChI=1S/C16H12N4O2S/c1-22-16-10(4-2-6-17-16)11-9-15(21)20-14(18-11)8-12(19-20)13-5-3-7-23-13/h2-9,19H,1H3. The Hall–Kier alpha value is -2.93. The normalized spacial score (nSPS) is 11.0. The molecule has 0 spiro atoms. The smallest absolute Gasteiger partial charge is 0.273 e. The van der Waals surface area contributed by atoms with Gasteiger partial charge in [-0.3, -0.25) is 9.89 Å². The first-order valence-corrected chi connectivity index (χ1v) is 7.80. The van der Waals surface area contributed by atoms with Gasteiger partial charge in [0.25, 0.3) is 5.56 Å². The molecule has 0 fully saturated rings. The molecule has 0 aromatic carbocycles. The summed E-state index contributed by atoms with van der Waals surface area (Å²) in [7, 11) is 1.54. The Labute approximate surface area is 135 Å². The van der Waals surface area contributed by atoms with Gasteiger partial charge in [-0.25, -0.2) is 14.5 Å². The number of aromatic nitrogens is 4. The van der Waals surface area contributed by atoms with Crippen LogP contribution in [0.2, 0.25) is 0 Å². The van der Waals surface area contributed by atoms with Crippen molar-refractivity contribution < 1.29 is 4.74 Å². The molecule has 0 aliphatic rings. The minimum atomic E-state index is -0.182. The largest absolute Gasteiger partial charge is 0.481 e. The Morgan fingerprint density at radius 3 is 2.96 bits per heavy atom. The molecule has 1 N–H and O–H groups in total. The zero-order valence-corrected chi connectivity index (χ0v) is 13.0. The lowest BCUT2D eigenvalue weighted by molar-refractivity contribution is 0.399. The third-order valence-corrected chi connectivity index (χ3v) is 4.38. The van der Waals surface area contributed by atoms with E-state index in [2.05, 4.69) is 15.1 Å². The second kappa shape index (κ2) is 5.36. The molecular weight excluding hydrogens is 312 g/mol. The monoisotopic (exact) mass is 324 g/mol. The topological polar surface area (TPSA) is 72.3 Å². The zero-order valence-electron chi connectivity index (χ0n) is 12.2. The predicted molar refractivity (Wildman–Crippen MR) is 88.9 cm³/mol. The average Bonchev–Trinajstić information content (AvgIpc) is 3.23. The fraction of sp³-hybridized carbons (Fsp3) is 0.0625. The van der Waals surface area contributed by atoms with E-state index in [0.29, 0.717) is 22.8 Å². The van der Waals surface area contributed by atoms with Crippen LogP contribution in [-0.4, -0.2) is 26.7 Å². The number of nitrogens with one attached hydrogen (secondary N) is 1. The van der Waals surface area contributed by atoms with E-state index in [1.165, 1.54) is 10.6 Å². The van der Waals surface area contributed by atoms with Crippen molar-refractivity contribution in [1.82, 2.24) is 19.6 Å². The molecule has 6 nitrogen and oxygen atoms in total. The van der Waals surface area contributed by atoms with Crippen molar-refractivity contribution in [3.8, 4) is 27.7 Å². The van der Waals surface area contributed by atoms with Gasteiger partial charge < -0.3 is 4.74 Å². The van der Waals surface area contributed by atoms with E-state index < -0.39 is 0 Å². The highest BCUT2D eigenvalue weighted by Gasteiger charge is 2.13. The Morgan fingerprint density at radius 2 is 2.17 bits per heavy atom. The number of thiophene rings is 1. The lowest BCUT2D eigenvalue weighted by Crippen LogP contribution is -2.14. The summed E-state index contributed by atoms with van der Waals surface area (Å²) >= 11 is 1.60. The molecule has 0 amide bonds. The van der Waals surface area contributed by atoms with Gasteiger partial charge in [0.05, 0.1) is 28.9 Å². The maximum Gasteiger partial charge on any atom is 0.273 e. The summed E-state index contributed by atoms with van der Waals surface area (Å²) in [5.41, 5.74) is 2.46. The minimum absolute atomic E-state index is 0.182. The molecule has 0 saturated heterocycles. The van der Waals surface area contributed by atoms with Crippen molar-refractivity contribution in [3.63, 3.8) is 0 Å². The van der Waals surface area contributed by atoms with Gasteiger partial charge >= 0.3 is 0 Å². The quantitative estimate of drug-likeness (QED) is 0.629. The first kappa shape index (κ1) is 13.7. The van der Waals surface area contributed by atoms with E-state index in [4.69, 9.17) is 4.74 Å². The molecular formula is C16H12N4O2S. The SMILES string of the molecule is COc1ncccc1-c1cc(=O)n2[nH]c(-c3cccs3)cc2n1. The molecule has 4 aromatic rings. The number of ether oxygens (including phenoxy) is 1. The highest BCUT2D eigenvalue weighted by atomic mass is 32.1. The molecule has 0 saturated carbocycles. The van der Waals surface area contributed by atoms with E-state index >= 15 is 0 Å². The lowest BCUT2D eigenvalue weighted by Gasteiger charge is -2.05. The van der Waals surface area contributed by atoms with E-state index in [9.17, 15) is 4.79 Å². The Kier molecular flexibility index (Phi) is 3.20. The summed E-state index contributed by atoms with van der Waals surface area (Å²) in [4.78, 5) is 22.2. The first-order chi connectivity index (χ1) is 11.3. The number of H-pyrrole nitrogens is 1. The maximum atomic E-state index is 12.4. The van der Waals surface area contributed by atoms with Crippen molar-refractivity contribution in [3.05, 3.63) is 58.3 Å². The number of pyridine rings is 1. The molecule has 0 radical (unpaired) electrons. The molecule has 0 atom stereocenters. The number of rotatable bonds is 3. The number of aromatic amines is 1. The summed E-state index contributed by atoms with van der Waals surface area (Å²) in [6, 6.07) is 10.9. The van der Waals surface area contributed by atoms with Gasteiger partial charge in [0.15, 0.2) is 5.65 Å². The van der Waals surface area contributed by atoms with Crippen LogP contribution in [0.15, 0.2) is 52.8 Å². The van der Waals surface area contributed by atoms with Gasteiger partial charge in [0, 0.05) is 18.3 Å². The van der Waals surface area contributed by atoms with Crippen LogP contribution in [0.25, 0.3) is 27.5 Å². The van der Waals surface area contributed by atoms with Gasteiger partial charge in [-0.2, -0.15) is 0 Å². The van der Waals surface area contributed by atoms with E-state index in [-0.39, 0.29) is 5.56 Å². The molecule has 7 heteroatoms. The predicted octanol–water partition coefficient (Wildman–Crippen LogP) is 2.82. The van der Waals surface area contributed by atoms with Gasteiger partial charge in [0.1, 0.15) is 0 Å².